The quantitative estimate of drug-likeness (QED) is 0.855. The van der Waals surface area contributed by atoms with Gasteiger partial charge in [0.25, 0.3) is 0 Å². The first-order valence-corrected chi connectivity index (χ1v) is 5.64. The number of nitriles is 1. The molecule has 0 saturated heterocycles. The monoisotopic (exact) mass is 225 g/mol. The summed E-state index contributed by atoms with van der Waals surface area (Å²) in [6, 6.07) is 6.59. The lowest BCUT2D eigenvalue weighted by Crippen LogP contribution is -2.03. The van der Waals surface area contributed by atoms with Crippen LogP contribution in [-0.2, 0) is 5.75 Å². The van der Waals surface area contributed by atoms with Crippen LogP contribution in [0.4, 0.5) is 4.39 Å². The standard InChI is InChI=1S/C11H12FNOS/c1-8(6-14)15-7-10-4-2-3-9(5-13)11(10)12/h2-4,8,14H,6-7H2,1H3. The van der Waals surface area contributed by atoms with Gasteiger partial charge >= 0.3 is 0 Å². The van der Waals surface area contributed by atoms with Gasteiger partial charge in [-0.15, -0.1) is 0 Å². The summed E-state index contributed by atoms with van der Waals surface area (Å²) in [5.41, 5.74) is 0.587. The van der Waals surface area contributed by atoms with Crippen LogP contribution in [0.15, 0.2) is 18.2 Å². The molecule has 0 aromatic heterocycles. The number of thioether (sulfide) groups is 1. The Labute approximate surface area is 92.7 Å². The Morgan fingerprint density at radius 2 is 2.33 bits per heavy atom. The molecular weight excluding hydrogens is 213 g/mol. The molecule has 15 heavy (non-hydrogen) atoms. The third kappa shape index (κ3) is 3.22. The van der Waals surface area contributed by atoms with E-state index in [9.17, 15) is 4.39 Å². The van der Waals surface area contributed by atoms with Gasteiger partial charge in [0.15, 0.2) is 0 Å². The first kappa shape index (κ1) is 12.0. The molecule has 0 aliphatic heterocycles. The second-order valence-electron chi connectivity index (χ2n) is 3.19. The van der Waals surface area contributed by atoms with Gasteiger partial charge in [0.2, 0.25) is 0 Å². The first-order valence-electron chi connectivity index (χ1n) is 4.59. The average molecular weight is 225 g/mol. The summed E-state index contributed by atoms with van der Waals surface area (Å²) in [4.78, 5) is 0. The number of aliphatic hydroxyl groups excluding tert-OH is 1. The number of nitrogens with zero attached hydrogens (tertiary/aromatic N) is 1. The normalized spacial score (nSPS) is 12.1. The van der Waals surface area contributed by atoms with Crippen LogP contribution < -0.4 is 0 Å². The number of hydrogen-bond donors (Lipinski definition) is 1. The van der Waals surface area contributed by atoms with Crippen molar-refractivity contribution in [2.24, 2.45) is 0 Å². The van der Waals surface area contributed by atoms with E-state index in [-0.39, 0.29) is 17.4 Å². The highest BCUT2D eigenvalue weighted by Crippen LogP contribution is 2.21. The van der Waals surface area contributed by atoms with Gasteiger partial charge in [-0.1, -0.05) is 19.1 Å². The first-order chi connectivity index (χ1) is 7.19. The maximum atomic E-state index is 13.5. The van der Waals surface area contributed by atoms with Crippen molar-refractivity contribution in [3.8, 4) is 6.07 Å². The van der Waals surface area contributed by atoms with E-state index in [0.717, 1.165) is 0 Å². The van der Waals surface area contributed by atoms with Gasteiger partial charge in [0.1, 0.15) is 11.9 Å². The van der Waals surface area contributed by atoms with Gasteiger partial charge in [0.05, 0.1) is 12.2 Å². The molecule has 0 heterocycles. The van der Waals surface area contributed by atoms with E-state index in [4.69, 9.17) is 10.4 Å². The molecule has 1 aromatic rings. The predicted molar refractivity (Wildman–Crippen MR) is 59.0 cm³/mol. The summed E-state index contributed by atoms with van der Waals surface area (Å²) < 4.78 is 13.5. The number of hydrogen-bond acceptors (Lipinski definition) is 3. The summed E-state index contributed by atoms with van der Waals surface area (Å²) in [5.74, 6) is 0.0286. The summed E-state index contributed by atoms with van der Waals surface area (Å²) in [5, 5.41) is 17.5. The molecule has 80 valence electrons. The van der Waals surface area contributed by atoms with Gasteiger partial charge in [-0.3, -0.25) is 0 Å². The zero-order valence-corrected chi connectivity index (χ0v) is 9.22. The van der Waals surface area contributed by atoms with Crippen LogP contribution in [0.25, 0.3) is 0 Å². The molecule has 1 atom stereocenters. The average Bonchev–Trinajstić information content (AvgIpc) is 2.27. The van der Waals surface area contributed by atoms with Crippen molar-refractivity contribution in [3.05, 3.63) is 35.1 Å². The minimum absolute atomic E-state index is 0.0736. The van der Waals surface area contributed by atoms with E-state index < -0.39 is 5.82 Å². The molecule has 0 radical (unpaired) electrons. The highest BCUT2D eigenvalue weighted by Gasteiger charge is 2.08. The van der Waals surface area contributed by atoms with E-state index in [2.05, 4.69) is 0 Å². The number of aliphatic hydroxyl groups is 1. The second kappa shape index (κ2) is 5.74. The molecule has 0 spiro atoms. The van der Waals surface area contributed by atoms with Gasteiger partial charge in [0, 0.05) is 11.0 Å². The van der Waals surface area contributed by atoms with Crippen molar-refractivity contribution < 1.29 is 9.50 Å². The molecule has 1 rings (SSSR count). The van der Waals surface area contributed by atoms with E-state index in [0.29, 0.717) is 11.3 Å². The molecule has 1 aromatic carbocycles. The lowest BCUT2D eigenvalue weighted by molar-refractivity contribution is 0.300. The topological polar surface area (TPSA) is 44.0 Å². The third-order valence-corrected chi connectivity index (χ3v) is 3.18. The SMILES string of the molecule is CC(CO)SCc1cccc(C#N)c1F. The van der Waals surface area contributed by atoms with Crippen LogP contribution in [0.3, 0.4) is 0 Å². The van der Waals surface area contributed by atoms with Gasteiger partial charge in [-0.25, -0.2) is 4.39 Å². The van der Waals surface area contributed by atoms with Crippen LogP contribution in [0, 0.1) is 17.1 Å². The van der Waals surface area contributed by atoms with Crippen molar-refractivity contribution in [2.75, 3.05) is 6.61 Å². The van der Waals surface area contributed by atoms with E-state index >= 15 is 0 Å². The largest absolute Gasteiger partial charge is 0.395 e. The van der Waals surface area contributed by atoms with Gasteiger partial charge < -0.3 is 5.11 Å². The zero-order valence-electron chi connectivity index (χ0n) is 8.40. The van der Waals surface area contributed by atoms with E-state index in [1.807, 2.05) is 6.92 Å². The molecular formula is C11H12FNOS. The molecule has 1 unspecified atom stereocenters. The Kier molecular flexibility index (Phi) is 4.60. The summed E-state index contributed by atoms with van der Waals surface area (Å²) in [6.45, 7) is 1.95. The zero-order chi connectivity index (χ0) is 11.3. The lowest BCUT2D eigenvalue weighted by atomic mass is 10.1. The molecule has 0 aliphatic rings. The minimum Gasteiger partial charge on any atom is -0.395 e. The van der Waals surface area contributed by atoms with Crippen LogP contribution in [0.1, 0.15) is 18.1 Å². The Balaban J connectivity index is 2.74. The Bertz CT molecular complexity index is 375. The van der Waals surface area contributed by atoms with Crippen molar-refractivity contribution in [3.63, 3.8) is 0 Å². The van der Waals surface area contributed by atoms with E-state index in [1.54, 1.807) is 18.2 Å². The van der Waals surface area contributed by atoms with Crippen LogP contribution in [-0.4, -0.2) is 17.0 Å². The number of halogens is 1. The predicted octanol–water partition coefficient (Wildman–Crippen LogP) is 2.31. The van der Waals surface area contributed by atoms with Crippen LogP contribution in [0.2, 0.25) is 0 Å². The maximum Gasteiger partial charge on any atom is 0.144 e. The molecule has 2 nitrogen and oxygen atoms in total. The van der Waals surface area contributed by atoms with Crippen molar-refractivity contribution in [1.29, 1.82) is 5.26 Å². The molecule has 1 N–H and O–H groups in total. The smallest absolute Gasteiger partial charge is 0.144 e. The van der Waals surface area contributed by atoms with Crippen molar-refractivity contribution in [2.45, 2.75) is 17.9 Å². The number of rotatable bonds is 4. The molecule has 0 fully saturated rings. The third-order valence-electron chi connectivity index (χ3n) is 1.98. The summed E-state index contributed by atoms with van der Waals surface area (Å²) >= 11 is 1.46. The fourth-order valence-electron chi connectivity index (χ4n) is 1.06. The van der Waals surface area contributed by atoms with E-state index in [1.165, 1.54) is 17.8 Å². The number of benzene rings is 1. The van der Waals surface area contributed by atoms with Crippen LogP contribution in [0.5, 0.6) is 0 Å². The minimum atomic E-state index is -0.447. The molecule has 0 bridgehead atoms. The lowest BCUT2D eigenvalue weighted by Gasteiger charge is -2.08. The maximum absolute atomic E-state index is 13.5. The fraction of sp³-hybridized carbons (Fsp3) is 0.364. The summed E-state index contributed by atoms with van der Waals surface area (Å²) in [6.07, 6.45) is 0. The fourth-order valence-corrected chi connectivity index (χ4v) is 1.85. The molecule has 0 aliphatic carbocycles. The molecule has 0 amide bonds. The van der Waals surface area contributed by atoms with Crippen LogP contribution >= 0.6 is 11.8 Å². The highest BCUT2D eigenvalue weighted by molar-refractivity contribution is 7.99. The molecule has 0 saturated carbocycles. The van der Waals surface area contributed by atoms with Crippen molar-refractivity contribution in [1.82, 2.24) is 0 Å². The Hall–Kier alpha value is -1.05. The van der Waals surface area contributed by atoms with Crippen molar-refractivity contribution >= 4 is 11.8 Å². The summed E-state index contributed by atoms with van der Waals surface area (Å²) in [7, 11) is 0. The Morgan fingerprint density at radius 3 is 2.93 bits per heavy atom. The Morgan fingerprint density at radius 1 is 1.60 bits per heavy atom. The highest BCUT2D eigenvalue weighted by atomic mass is 32.2. The second-order valence-corrected chi connectivity index (χ2v) is 4.62. The molecule has 4 heteroatoms. The van der Waals surface area contributed by atoms with Gasteiger partial charge in [-0.05, 0) is 11.6 Å². The van der Waals surface area contributed by atoms with Gasteiger partial charge in [-0.2, -0.15) is 17.0 Å².